The Morgan fingerprint density at radius 1 is 1.25 bits per heavy atom. The molecule has 0 unspecified atom stereocenters. The maximum atomic E-state index is 11.6. The van der Waals surface area contributed by atoms with Crippen LogP contribution in [0.3, 0.4) is 0 Å². The van der Waals surface area contributed by atoms with Gasteiger partial charge in [0.05, 0.1) is 10.8 Å². The topological polar surface area (TPSA) is 41.1 Å². The molecule has 0 saturated carbocycles. The molecule has 0 aliphatic carbocycles. The van der Waals surface area contributed by atoms with Crippen LogP contribution in [0.4, 0.5) is 0 Å². The number of carbonyl (C=O) groups excluding carboxylic acids is 1. The lowest BCUT2D eigenvalue weighted by atomic mass is 10.4. The average Bonchev–Trinajstić information content (AvgIpc) is 2.39. The highest BCUT2D eigenvalue weighted by Gasteiger charge is 2.06. The van der Waals surface area contributed by atoms with E-state index in [1.165, 1.54) is 11.8 Å². The minimum absolute atomic E-state index is 0. The highest BCUT2D eigenvalue weighted by Crippen LogP contribution is 2.29. The molecular formula is C13H19Cl3N2OS. The molecule has 0 aromatic heterocycles. The van der Waals surface area contributed by atoms with E-state index in [0.717, 1.165) is 24.4 Å². The number of rotatable bonds is 8. The standard InChI is InChI=1S/C13H18Cl2N2OS.ClH/c1-2-5-16-6-7-17-13(18)9-19-12-8-10(14)3-4-11(12)15;/h3-4,8,16H,2,5-7,9H2,1H3,(H,17,18);1H. The fourth-order valence-electron chi connectivity index (χ4n) is 1.37. The largest absolute Gasteiger partial charge is 0.354 e. The summed E-state index contributed by atoms with van der Waals surface area (Å²) in [5.74, 6) is 0.341. The summed E-state index contributed by atoms with van der Waals surface area (Å²) in [5.41, 5.74) is 0. The van der Waals surface area contributed by atoms with Gasteiger partial charge in [-0.05, 0) is 31.2 Å². The molecular weight excluding hydrogens is 339 g/mol. The van der Waals surface area contributed by atoms with Crippen LogP contribution < -0.4 is 10.6 Å². The van der Waals surface area contributed by atoms with Gasteiger partial charge in [0, 0.05) is 23.0 Å². The van der Waals surface area contributed by atoms with E-state index < -0.39 is 0 Å². The van der Waals surface area contributed by atoms with E-state index in [2.05, 4.69) is 17.6 Å². The molecule has 3 nitrogen and oxygen atoms in total. The van der Waals surface area contributed by atoms with E-state index >= 15 is 0 Å². The third-order valence-electron chi connectivity index (χ3n) is 2.30. The lowest BCUT2D eigenvalue weighted by Gasteiger charge is -2.07. The van der Waals surface area contributed by atoms with Crippen LogP contribution in [-0.4, -0.2) is 31.3 Å². The predicted octanol–water partition coefficient (Wildman–Crippen LogP) is 3.62. The minimum atomic E-state index is -0.000611. The Hall–Kier alpha value is -0.130. The molecule has 1 aromatic carbocycles. The van der Waals surface area contributed by atoms with Gasteiger partial charge in [-0.2, -0.15) is 0 Å². The van der Waals surface area contributed by atoms with Crippen LogP contribution in [0.15, 0.2) is 23.1 Å². The number of benzene rings is 1. The normalized spacial score (nSPS) is 9.95. The molecule has 1 aromatic rings. The van der Waals surface area contributed by atoms with Gasteiger partial charge in [0.25, 0.3) is 0 Å². The summed E-state index contributed by atoms with van der Waals surface area (Å²) < 4.78 is 0. The summed E-state index contributed by atoms with van der Waals surface area (Å²) >= 11 is 13.3. The van der Waals surface area contributed by atoms with Gasteiger partial charge in [0.15, 0.2) is 0 Å². The monoisotopic (exact) mass is 356 g/mol. The van der Waals surface area contributed by atoms with Crippen molar-refractivity contribution in [3.05, 3.63) is 28.2 Å². The zero-order chi connectivity index (χ0) is 14.1. The van der Waals surface area contributed by atoms with Gasteiger partial charge >= 0.3 is 0 Å². The van der Waals surface area contributed by atoms with Crippen LogP contribution in [0.1, 0.15) is 13.3 Å². The van der Waals surface area contributed by atoms with Gasteiger partial charge in [0.2, 0.25) is 5.91 Å². The maximum Gasteiger partial charge on any atom is 0.230 e. The Morgan fingerprint density at radius 2 is 2.00 bits per heavy atom. The number of nitrogens with one attached hydrogen (secondary N) is 2. The molecule has 0 bridgehead atoms. The molecule has 20 heavy (non-hydrogen) atoms. The van der Waals surface area contributed by atoms with Gasteiger partial charge in [-0.3, -0.25) is 4.79 Å². The second-order valence-electron chi connectivity index (χ2n) is 3.96. The number of halogens is 3. The first kappa shape index (κ1) is 19.9. The van der Waals surface area contributed by atoms with Crippen molar-refractivity contribution in [3.8, 4) is 0 Å². The summed E-state index contributed by atoms with van der Waals surface area (Å²) in [7, 11) is 0. The van der Waals surface area contributed by atoms with Crippen LogP contribution in [0.2, 0.25) is 10.0 Å². The van der Waals surface area contributed by atoms with Crippen molar-refractivity contribution >= 4 is 53.3 Å². The Bertz CT molecular complexity index is 419. The predicted molar refractivity (Wildman–Crippen MR) is 90.6 cm³/mol. The van der Waals surface area contributed by atoms with Crippen molar-refractivity contribution in [3.63, 3.8) is 0 Å². The Balaban J connectivity index is 0.00000361. The zero-order valence-corrected chi connectivity index (χ0v) is 14.4. The molecule has 0 fully saturated rings. The summed E-state index contributed by atoms with van der Waals surface area (Å²) in [5, 5.41) is 7.31. The van der Waals surface area contributed by atoms with Crippen molar-refractivity contribution in [2.45, 2.75) is 18.2 Å². The van der Waals surface area contributed by atoms with E-state index in [1.807, 2.05) is 0 Å². The molecule has 0 aliphatic heterocycles. The average molecular weight is 358 g/mol. The summed E-state index contributed by atoms with van der Waals surface area (Å²) in [6, 6.07) is 5.23. The van der Waals surface area contributed by atoms with Gasteiger partial charge in [-0.25, -0.2) is 0 Å². The van der Waals surface area contributed by atoms with Crippen LogP contribution in [-0.2, 0) is 4.79 Å². The van der Waals surface area contributed by atoms with E-state index in [1.54, 1.807) is 18.2 Å². The van der Waals surface area contributed by atoms with Crippen LogP contribution >= 0.6 is 47.4 Å². The quantitative estimate of drug-likeness (QED) is 0.551. The summed E-state index contributed by atoms with van der Waals surface area (Å²) in [6.07, 6.45) is 1.09. The van der Waals surface area contributed by atoms with Crippen molar-refractivity contribution in [2.75, 3.05) is 25.4 Å². The highest BCUT2D eigenvalue weighted by atomic mass is 35.5. The highest BCUT2D eigenvalue weighted by molar-refractivity contribution is 8.00. The van der Waals surface area contributed by atoms with Gasteiger partial charge < -0.3 is 10.6 Å². The lowest BCUT2D eigenvalue weighted by molar-refractivity contribution is -0.118. The zero-order valence-electron chi connectivity index (χ0n) is 11.2. The summed E-state index contributed by atoms with van der Waals surface area (Å²) in [4.78, 5) is 12.4. The van der Waals surface area contributed by atoms with E-state index in [4.69, 9.17) is 23.2 Å². The molecule has 0 radical (unpaired) electrons. The molecule has 1 amide bonds. The van der Waals surface area contributed by atoms with Crippen molar-refractivity contribution in [2.24, 2.45) is 0 Å². The molecule has 0 saturated heterocycles. The third kappa shape index (κ3) is 8.22. The second-order valence-corrected chi connectivity index (χ2v) is 5.82. The SMILES string of the molecule is CCCNCCNC(=O)CSc1cc(Cl)ccc1Cl.Cl. The molecule has 1 rings (SSSR count). The first-order valence-electron chi connectivity index (χ1n) is 6.18. The molecule has 7 heteroatoms. The molecule has 114 valence electrons. The molecule has 0 atom stereocenters. The van der Waals surface area contributed by atoms with Crippen molar-refractivity contribution in [1.82, 2.24) is 10.6 Å². The number of hydrogen-bond donors (Lipinski definition) is 2. The lowest BCUT2D eigenvalue weighted by Crippen LogP contribution is -2.33. The van der Waals surface area contributed by atoms with E-state index in [-0.39, 0.29) is 18.3 Å². The number of thioether (sulfide) groups is 1. The third-order valence-corrected chi connectivity index (χ3v) is 4.03. The van der Waals surface area contributed by atoms with Gasteiger partial charge in [0.1, 0.15) is 0 Å². The Morgan fingerprint density at radius 3 is 2.70 bits per heavy atom. The molecule has 0 heterocycles. The van der Waals surface area contributed by atoms with E-state index in [0.29, 0.717) is 22.3 Å². The van der Waals surface area contributed by atoms with Crippen LogP contribution in [0.5, 0.6) is 0 Å². The van der Waals surface area contributed by atoms with E-state index in [9.17, 15) is 4.79 Å². The summed E-state index contributed by atoms with van der Waals surface area (Å²) in [6.45, 7) is 4.52. The van der Waals surface area contributed by atoms with Crippen molar-refractivity contribution in [1.29, 1.82) is 0 Å². The minimum Gasteiger partial charge on any atom is -0.354 e. The van der Waals surface area contributed by atoms with Crippen LogP contribution in [0.25, 0.3) is 0 Å². The smallest absolute Gasteiger partial charge is 0.230 e. The first-order valence-corrected chi connectivity index (χ1v) is 7.93. The first-order chi connectivity index (χ1) is 9.13. The molecule has 0 aliphatic rings. The number of carbonyl (C=O) groups is 1. The molecule has 2 N–H and O–H groups in total. The van der Waals surface area contributed by atoms with Gasteiger partial charge in [-0.15, -0.1) is 24.2 Å². The molecule has 0 spiro atoms. The number of hydrogen-bond acceptors (Lipinski definition) is 3. The van der Waals surface area contributed by atoms with Crippen LogP contribution in [0, 0.1) is 0 Å². The maximum absolute atomic E-state index is 11.6. The fraction of sp³-hybridized carbons (Fsp3) is 0.462. The van der Waals surface area contributed by atoms with Gasteiger partial charge in [-0.1, -0.05) is 30.1 Å². The fourth-order valence-corrected chi connectivity index (χ4v) is 2.70. The number of amides is 1. The Kier molecular flexibility index (Phi) is 11.4. The Labute approximate surface area is 140 Å². The second kappa shape index (κ2) is 11.5. The van der Waals surface area contributed by atoms with Crippen molar-refractivity contribution < 1.29 is 4.79 Å².